The molecule has 0 radical (unpaired) electrons. The van der Waals surface area contributed by atoms with Gasteiger partial charge in [-0.05, 0) is 32.6 Å². The first kappa shape index (κ1) is 15.4. The predicted octanol–water partition coefficient (Wildman–Crippen LogP) is 1.04. The Labute approximate surface area is 98.8 Å². The van der Waals surface area contributed by atoms with Crippen LogP contribution in [0.1, 0.15) is 46.5 Å². The summed E-state index contributed by atoms with van der Waals surface area (Å²) >= 11 is 0. The molecular formula is C12H26N2O2. The lowest BCUT2D eigenvalue weighted by atomic mass is 10.1. The van der Waals surface area contributed by atoms with Gasteiger partial charge in [0.05, 0.1) is 6.54 Å². The van der Waals surface area contributed by atoms with Crippen LogP contribution >= 0.6 is 0 Å². The van der Waals surface area contributed by atoms with Crippen molar-refractivity contribution in [1.82, 2.24) is 10.6 Å². The fraction of sp³-hybridized carbons (Fsp3) is 0.917. The Balaban J connectivity index is 3.63. The average Bonchev–Trinajstić information content (AvgIpc) is 2.30. The molecule has 1 atom stereocenters. The van der Waals surface area contributed by atoms with Crippen molar-refractivity contribution in [2.45, 2.75) is 58.5 Å². The van der Waals surface area contributed by atoms with E-state index in [1.54, 1.807) is 0 Å². The van der Waals surface area contributed by atoms with E-state index in [9.17, 15) is 4.79 Å². The van der Waals surface area contributed by atoms with Gasteiger partial charge in [-0.2, -0.15) is 0 Å². The van der Waals surface area contributed by atoms with E-state index in [4.69, 9.17) is 5.11 Å². The molecule has 0 spiro atoms. The summed E-state index contributed by atoms with van der Waals surface area (Å²) < 4.78 is 0. The van der Waals surface area contributed by atoms with Crippen LogP contribution in [-0.4, -0.2) is 36.2 Å². The minimum atomic E-state index is 0.0598. The minimum Gasteiger partial charge on any atom is -0.396 e. The minimum absolute atomic E-state index is 0.0598. The van der Waals surface area contributed by atoms with Gasteiger partial charge in [0, 0.05) is 18.7 Å². The smallest absolute Gasteiger partial charge is 0.234 e. The lowest BCUT2D eigenvalue weighted by molar-refractivity contribution is -0.121. The molecule has 0 rings (SSSR count). The van der Waals surface area contributed by atoms with E-state index in [1.165, 1.54) is 0 Å². The highest BCUT2D eigenvalue weighted by atomic mass is 16.2. The number of aliphatic hydroxyl groups is 1. The Morgan fingerprint density at radius 3 is 2.44 bits per heavy atom. The summed E-state index contributed by atoms with van der Waals surface area (Å²) in [4.78, 5) is 11.5. The molecule has 96 valence electrons. The van der Waals surface area contributed by atoms with Gasteiger partial charge in [-0.25, -0.2) is 0 Å². The van der Waals surface area contributed by atoms with E-state index in [2.05, 4.69) is 24.5 Å². The number of amides is 1. The maximum Gasteiger partial charge on any atom is 0.234 e. The standard InChI is InChI=1S/C12H26N2O2/c1-4-11(5-2)14-12(16)9-13-10(3)7-6-8-15/h10-11,13,15H,4-9H2,1-3H3,(H,14,16). The number of aliphatic hydroxyl groups excluding tert-OH is 1. The largest absolute Gasteiger partial charge is 0.396 e. The first-order valence-corrected chi connectivity index (χ1v) is 6.27. The Hall–Kier alpha value is -0.610. The summed E-state index contributed by atoms with van der Waals surface area (Å²) in [6, 6.07) is 0.571. The third-order valence-corrected chi connectivity index (χ3v) is 2.76. The monoisotopic (exact) mass is 230 g/mol. The molecular weight excluding hydrogens is 204 g/mol. The molecule has 0 fully saturated rings. The van der Waals surface area contributed by atoms with Crippen LogP contribution in [0.15, 0.2) is 0 Å². The third-order valence-electron chi connectivity index (χ3n) is 2.76. The lowest BCUT2D eigenvalue weighted by Crippen LogP contribution is -2.42. The van der Waals surface area contributed by atoms with Crippen LogP contribution in [0.5, 0.6) is 0 Å². The summed E-state index contributed by atoms with van der Waals surface area (Å²) in [5.41, 5.74) is 0. The second-order valence-corrected chi connectivity index (χ2v) is 4.23. The van der Waals surface area contributed by atoms with Gasteiger partial charge in [-0.1, -0.05) is 13.8 Å². The summed E-state index contributed by atoms with van der Waals surface area (Å²) in [6.07, 6.45) is 3.63. The fourth-order valence-electron chi connectivity index (χ4n) is 1.54. The van der Waals surface area contributed by atoms with Crippen LogP contribution in [-0.2, 0) is 4.79 Å². The lowest BCUT2D eigenvalue weighted by Gasteiger charge is -2.17. The molecule has 0 aromatic carbocycles. The molecule has 0 aliphatic rings. The SMILES string of the molecule is CCC(CC)NC(=O)CNC(C)CCCO. The molecule has 0 saturated heterocycles. The van der Waals surface area contributed by atoms with Crippen LogP contribution in [0.3, 0.4) is 0 Å². The molecule has 0 aromatic heterocycles. The molecule has 0 heterocycles. The van der Waals surface area contributed by atoms with Crippen molar-refractivity contribution in [3.63, 3.8) is 0 Å². The van der Waals surface area contributed by atoms with Gasteiger partial charge in [0.1, 0.15) is 0 Å². The third kappa shape index (κ3) is 7.65. The zero-order valence-electron chi connectivity index (χ0n) is 10.8. The van der Waals surface area contributed by atoms with Gasteiger partial charge in [-0.3, -0.25) is 4.79 Å². The molecule has 0 aliphatic carbocycles. The molecule has 1 unspecified atom stereocenters. The zero-order valence-corrected chi connectivity index (χ0v) is 10.8. The zero-order chi connectivity index (χ0) is 12.4. The van der Waals surface area contributed by atoms with E-state index in [0.29, 0.717) is 12.6 Å². The van der Waals surface area contributed by atoms with Crippen molar-refractivity contribution in [3.05, 3.63) is 0 Å². The first-order valence-electron chi connectivity index (χ1n) is 6.27. The van der Waals surface area contributed by atoms with E-state index in [1.807, 2.05) is 6.92 Å². The highest BCUT2D eigenvalue weighted by molar-refractivity contribution is 5.78. The molecule has 16 heavy (non-hydrogen) atoms. The summed E-state index contributed by atoms with van der Waals surface area (Å²) in [7, 11) is 0. The number of carbonyl (C=O) groups is 1. The Morgan fingerprint density at radius 2 is 1.94 bits per heavy atom. The maximum absolute atomic E-state index is 11.5. The van der Waals surface area contributed by atoms with Gasteiger partial charge in [-0.15, -0.1) is 0 Å². The summed E-state index contributed by atoms with van der Waals surface area (Å²) in [5.74, 6) is 0.0598. The van der Waals surface area contributed by atoms with E-state index in [-0.39, 0.29) is 18.6 Å². The van der Waals surface area contributed by atoms with Gasteiger partial charge in [0.2, 0.25) is 5.91 Å². The van der Waals surface area contributed by atoms with Crippen molar-refractivity contribution >= 4 is 5.91 Å². The molecule has 0 aromatic rings. The number of nitrogens with one attached hydrogen (secondary N) is 2. The van der Waals surface area contributed by atoms with Gasteiger partial charge >= 0.3 is 0 Å². The molecule has 1 amide bonds. The second kappa shape index (κ2) is 9.60. The molecule has 0 aliphatic heterocycles. The van der Waals surface area contributed by atoms with Crippen LogP contribution in [0.4, 0.5) is 0 Å². The average molecular weight is 230 g/mol. The van der Waals surface area contributed by atoms with Crippen molar-refractivity contribution in [2.24, 2.45) is 0 Å². The Morgan fingerprint density at radius 1 is 1.31 bits per heavy atom. The molecule has 4 nitrogen and oxygen atoms in total. The topological polar surface area (TPSA) is 61.4 Å². The van der Waals surface area contributed by atoms with Crippen molar-refractivity contribution in [1.29, 1.82) is 0 Å². The number of rotatable bonds is 9. The Kier molecular flexibility index (Phi) is 9.24. The van der Waals surface area contributed by atoms with Crippen molar-refractivity contribution < 1.29 is 9.90 Å². The van der Waals surface area contributed by atoms with Crippen LogP contribution in [0.25, 0.3) is 0 Å². The van der Waals surface area contributed by atoms with E-state index < -0.39 is 0 Å². The predicted molar refractivity (Wildman–Crippen MR) is 66.3 cm³/mol. The van der Waals surface area contributed by atoms with Gasteiger partial charge in [0.15, 0.2) is 0 Å². The van der Waals surface area contributed by atoms with Crippen LogP contribution < -0.4 is 10.6 Å². The van der Waals surface area contributed by atoms with Gasteiger partial charge in [0.25, 0.3) is 0 Å². The molecule has 4 heteroatoms. The first-order chi connectivity index (χ1) is 7.63. The van der Waals surface area contributed by atoms with Crippen molar-refractivity contribution in [3.8, 4) is 0 Å². The van der Waals surface area contributed by atoms with Crippen molar-refractivity contribution in [2.75, 3.05) is 13.2 Å². The van der Waals surface area contributed by atoms with E-state index in [0.717, 1.165) is 25.7 Å². The number of hydrogen-bond acceptors (Lipinski definition) is 3. The Bertz CT molecular complexity index is 182. The highest BCUT2D eigenvalue weighted by Gasteiger charge is 2.09. The number of hydrogen-bond donors (Lipinski definition) is 3. The van der Waals surface area contributed by atoms with Crippen LogP contribution in [0.2, 0.25) is 0 Å². The van der Waals surface area contributed by atoms with Crippen LogP contribution in [0, 0.1) is 0 Å². The summed E-state index contributed by atoms with van der Waals surface area (Å²) in [6.45, 7) is 6.76. The quantitative estimate of drug-likeness (QED) is 0.554. The maximum atomic E-state index is 11.5. The molecule has 0 saturated carbocycles. The normalized spacial score (nSPS) is 12.8. The second-order valence-electron chi connectivity index (χ2n) is 4.23. The fourth-order valence-corrected chi connectivity index (χ4v) is 1.54. The molecule has 3 N–H and O–H groups in total. The highest BCUT2D eigenvalue weighted by Crippen LogP contribution is 1.96. The molecule has 0 bridgehead atoms. The number of carbonyl (C=O) groups excluding carboxylic acids is 1. The van der Waals surface area contributed by atoms with E-state index >= 15 is 0 Å². The van der Waals surface area contributed by atoms with Gasteiger partial charge < -0.3 is 15.7 Å². The summed E-state index contributed by atoms with van der Waals surface area (Å²) in [5, 5.41) is 14.8.